The number of unbranched alkanes of at least 4 members (excludes halogenated alkanes) is 1. The fourth-order valence-corrected chi connectivity index (χ4v) is 2.78. The van der Waals surface area contributed by atoms with Crippen LogP contribution in [-0.2, 0) is 4.74 Å². The van der Waals surface area contributed by atoms with Gasteiger partial charge < -0.3 is 14.8 Å². The molecule has 0 bridgehead atoms. The molecule has 0 heterocycles. The second-order valence-corrected chi connectivity index (χ2v) is 5.45. The Labute approximate surface area is 127 Å². The Balaban J connectivity index is 1.89. The van der Waals surface area contributed by atoms with Gasteiger partial charge in [-0.2, -0.15) is 5.26 Å². The first-order chi connectivity index (χ1) is 10.3. The average molecular weight is 288 g/mol. The van der Waals surface area contributed by atoms with Crippen LogP contribution in [0.5, 0.6) is 5.75 Å². The molecule has 4 nitrogen and oxygen atoms in total. The molecule has 0 aromatic heterocycles. The molecular formula is C17H24N2O2. The summed E-state index contributed by atoms with van der Waals surface area (Å²) >= 11 is 0. The second kappa shape index (κ2) is 8.53. The second-order valence-electron chi connectivity index (χ2n) is 5.45. The van der Waals surface area contributed by atoms with Crippen molar-refractivity contribution in [2.45, 2.75) is 50.7 Å². The summed E-state index contributed by atoms with van der Waals surface area (Å²) in [5.74, 6) is 0.850. The van der Waals surface area contributed by atoms with E-state index in [2.05, 4.69) is 17.5 Å². The van der Waals surface area contributed by atoms with Gasteiger partial charge in [0.15, 0.2) is 0 Å². The SMILES string of the molecule is COC1CCCCC1Nc1cccc(OCCCC#N)c1. The van der Waals surface area contributed by atoms with Gasteiger partial charge in [-0.05, 0) is 31.4 Å². The zero-order chi connectivity index (χ0) is 14.9. The molecule has 1 fully saturated rings. The zero-order valence-electron chi connectivity index (χ0n) is 12.7. The van der Waals surface area contributed by atoms with Gasteiger partial charge >= 0.3 is 0 Å². The first-order valence-corrected chi connectivity index (χ1v) is 7.72. The minimum absolute atomic E-state index is 0.291. The number of anilines is 1. The maximum Gasteiger partial charge on any atom is 0.121 e. The monoisotopic (exact) mass is 288 g/mol. The van der Waals surface area contributed by atoms with Gasteiger partial charge in [-0.1, -0.05) is 18.9 Å². The number of benzene rings is 1. The van der Waals surface area contributed by atoms with Crippen LogP contribution in [0.3, 0.4) is 0 Å². The Morgan fingerprint density at radius 2 is 2.19 bits per heavy atom. The van der Waals surface area contributed by atoms with Crippen molar-refractivity contribution in [1.29, 1.82) is 5.26 Å². The van der Waals surface area contributed by atoms with Crippen molar-refractivity contribution in [1.82, 2.24) is 0 Å². The molecule has 0 amide bonds. The minimum atomic E-state index is 0.291. The summed E-state index contributed by atoms with van der Waals surface area (Å²) in [6.07, 6.45) is 6.36. The van der Waals surface area contributed by atoms with Crippen molar-refractivity contribution >= 4 is 5.69 Å². The van der Waals surface area contributed by atoms with Gasteiger partial charge in [-0.3, -0.25) is 0 Å². The molecule has 1 aliphatic carbocycles. The zero-order valence-corrected chi connectivity index (χ0v) is 12.7. The first kappa shape index (κ1) is 15.7. The van der Waals surface area contributed by atoms with E-state index in [0.29, 0.717) is 25.2 Å². The largest absolute Gasteiger partial charge is 0.493 e. The summed E-state index contributed by atoms with van der Waals surface area (Å²) in [6.45, 7) is 0.584. The van der Waals surface area contributed by atoms with Crippen LogP contribution in [0, 0.1) is 11.3 Å². The molecule has 1 N–H and O–H groups in total. The van der Waals surface area contributed by atoms with Gasteiger partial charge in [0.1, 0.15) is 5.75 Å². The molecule has 0 saturated heterocycles. The molecule has 0 aliphatic heterocycles. The van der Waals surface area contributed by atoms with E-state index in [4.69, 9.17) is 14.7 Å². The minimum Gasteiger partial charge on any atom is -0.493 e. The van der Waals surface area contributed by atoms with Gasteiger partial charge in [-0.15, -0.1) is 0 Å². The average Bonchev–Trinajstić information content (AvgIpc) is 2.52. The number of methoxy groups -OCH3 is 1. The van der Waals surface area contributed by atoms with Crippen LogP contribution < -0.4 is 10.1 Å². The summed E-state index contributed by atoms with van der Waals surface area (Å²) < 4.78 is 11.2. The van der Waals surface area contributed by atoms with Crippen LogP contribution in [-0.4, -0.2) is 25.9 Å². The fraction of sp³-hybridized carbons (Fsp3) is 0.588. The van der Waals surface area contributed by atoms with Crippen LogP contribution in [0.4, 0.5) is 5.69 Å². The summed E-state index contributed by atoms with van der Waals surface area (Å²) in [4.78, 5) is 0. The molecule has 21 heavy (non-hydrogen) atoms. The summed E-state index contributed by atoms with van der Waals surface area (Å²) in [5.41, 5.74) is 1.07. The highest BCUT2D eigenvalue weighted by Crippen LogP contribution is 2.25. The maximum atomic E-state index is 8.51. The predicted molar refractivity (Wildman–Crippen MR) is 83.5 cm³/mol. The van der Waals surface area contributed by atoms with E-state index in [1.165, 1.54) is 12.8 Å². The van der Waals surface area contributed by atoms with E-state index in [1.54, 1.807) is 7.11 Å². The van der Waals surface area contributed by atoms with Crippen molar-refractivity contribution in [3.63, 3.8) is 0 Å². The highest BCUT2D eigenvalue weighted by molar-refractivity contribution is 5.49. The van der Waals surface area contributed by atoms with Crippen LogP contribution in [0.1, 0.15) is 38.5 Å². The predicted octanol–water partition coefficient (Wildman–Crippen LogP) is 3.74. The molecule has 114 valence electrons. The van der Waals surface area contributed by atoms with Crippen molar-refractivity contribution in [2.24, 2.45) is 0 Å². The van der Waals surface area contributed by atoms with E-state index in [9.17, 15) is 0 Å². The lowest BCUT2D eigenvalue weighted by atomic mass is 9.92. The van der Waals surface area contributed by atoms with Crippen molar-refractivity contribution in [3.8, 4) is 11.8 Å². The molecule has 1 aliphatic rings. The van der Waals surface area contributed by atoms with E-state index in [0.717, 1.165) is 30.7 Å². The van der Waals surface area contributed by atoms with Crippen LogP contribution >= 0.6 is 0 Å². The van der Waals surface area contributed by atoms with Crippen molar-refractivity contribution < 1.29 is 9.47 Å². The topological polar surface area (TPSA) is 54.3 Å². The van der Waals surface area contributed by atoms with Crippen molar-refractivity contribution in [3.05, 3.63) is 24.3 Å². The Hall–Kier alpha value is -1.73. The fourth-order valence-electron chi connectivity index (χ4n) is 2.78. The number of nitrogens with zero attached hydrogens (tertiary/aromatic N) is 1. The standard InChI is InChI=1S/C17H24N2O2/c1-20-17-10-3-2-9-16(17)19-14-7-6-8-15(13-14)21-12-5-4-11-18/h6-8,13,16-17,19H,2-5,9-10,12H2,1H3. The molecule has 1 aromatic rings. The third-order valence-corrected chi connectivity index (χ3v) is 3.89. The number of rotatable bonds is 7. The number of nitriles is 1. The quantitative estimate of drug-likeness (QED) is 0.777. The highest BCUT2D eigenvalue weighted by Gasteiger charge is 2.24. The molecule has 2 atom stereocenters. The van der Waals surface area contributed by atoms with Crippen molar-refractivity contribution in [2.75, 3.05) is 19.0 Å². The Morgan fingerprint density at radius 3 is 3.00 bits per heavy atom. The molecule has 1 aromatic carbocycles. The normalized spacial score (nSPS) is 21.5. The lowest BCUT2D eigenvalue weighted by molar-refractivity contribution is 0.0606. The molecule has 4 heteroatoms. The van der Waals surface area contributed by atoms with Gasteiger partial charge in [0.05, 0.1) is 24.8 Å². The van der Waals surface area contributed by atoms with Gasteiger partial charge in [-0.25, -0.2) is 0 Å². The molecule has 2 unspecified atom stereocenters. The number of hydrogen-bond acceptors (Lipinski definition) is 4. The highest BCUT2D eigenvalue weighted by atomic mass is 16.5. The Morgan fingerprint density at radius 1 is 1.33 bits per heavy atom. The number of nitrogens with one attached hydrogen (secondary N) is 1. The number of hydrogen-bond donors (Lipinski definition) is 1. The van der Waals surface area contributed by atoms with E-state index < -0.39 is 0 Å². The van der Waals surface area contributed by atoms with Crippen LogP contribution in [0.15, 0.2) is 24.3 Å². The lowest BCUT2D eigenvalue weighted by Crippen LogP contribution is -2.37. The molecule has 1 saturated carbocycles. The maximum absolute atomic E-state index is 8.51. The van der Waals surface area contributed by atoms with Crippen LogP contribution in [0.2, 0.25) is 0 Å². The summed E-state index contributed by atoms with van der Waals surface area (Å²) in [6, 6.07) is 10.5. The molecule has 0 spiro atoms. The smallest absolute Gasteiger partial charge is 0.121 e. The summed E-state index contributed by atoms with van der Waals surface area (Å²) in [5, 5.41) is 12.1. The third kappa shape index (κ3) is 4.95. The van der Waals surface area contributed by atoms with Gasteiger partial charge in [0.2, 0.25) is 0 Å². The van der Waals surface area contributed by atoms with E-state index in [1.807, 2.05) is 18.2 Å². The third-order valence-electron chi connectivity index (χ3n) is 3.89. The van der Waals surface area contributed by atoms with Crippen LogP contribution in [0.25, 0.3) is 0 Å². The Kier molecular flexibility index (Phi) is 6.36. The molecular weight excluding hydrogens is 264 g/mol. The summed E-state index contributed by atoms with van der Waals surface area (Å²) in [7, 11) is 1.79. The molecule has 2 rings (SSSR count). The van der Waals surface area contributed by atoms with E-state index >= 15 is 0 Å². The number of ether oxygens (including phenoxy) is 2. The van der Waals surface area contributed by atoms with Gasteiger partial charge in [0.25, 0.3) is 0 Å². The molecule has 0 radical (unpaired) electrons. The van der Waals surface area contributed by atoms with Gasteiger partial charge in [0, 0.05) is 25.3 Å². The first-order valence-electron chi connectivity index (χ1n) is 7.72. The Bertz CT molecular complexity index is 470. The lowest BCUT2D eigenvalue weighted by Gasteiger charge is -2.31. The van der Waals surface area contributed by atoms with E-state index in [-0.39, 0.29) is 0 Å².